The van der Waals surface area contributed by atoms with E-state index in [4.69, 9.17) is 5.11 Å². The summed E-state index contributed by atoms with van der Waals surface area (Å²) in [5.41, 5.74) is 3.00. The minimum atomic E-state index is -0.975. The fourth-order valence-corrected chi connectivity index (χ4v) is 2.77. The lowest BCUT2D eigenvalue weighted by atomic mass is 9.90. The van der Waals surface area contributed by atoms with Gasteiger partial charge in [-0.15, -0.1) is 0 Å². The van der Waals surface area contributed by atoms with Crippen LogP contribution in [0.15, 0.2) is 18.3 Å². The van der Waals surface area contributed by atoms with Crippen molar-refractivity contribution in [2.24, 2.45) is 0 Å². The van der Waals surface area contributed by atoms with E-state index in [1.807, 2.05) is 6.20 Å². The van der Waals surface area contributed by atoms with Gasteiger partial charge < -0.3 is 15.0 Å². The maximum Gasteiger partial charge on any atom is 0.354 e. The van der Waals surface area contributed by atoms with Crippen molar-refractivity contribution in [2.45, 2.75) is 18.8 Å². The lowest BCUT2D eigenvalue weighted by Crippen LogP contribution is -2.29. The summed E-state index contributed by atoms with van der Waals surface area (Å²) in [6, 6.07) is 3.34. The molecule has 100 valence electrons. The number of nitrogens with zero attached hydrogens (tertiary/aromatic N) is 2. The molecule has 0 saturated carbocycles. The van der Waals surface area contributed by atoms with Crippen molar-refractivity contribution in [3.8, 4) is 0 Å². The molecule has 19 heavy (non-hydrogen) atoms. The fraction of sp³-hybridized carbons (Fsp3) is 0.429. The summed E-state index contributed by atoms with van der Waals surface area (Å²) in [4.78, 5) is 20.8. The van der Waals surface area contributed by atoms with E-state index in [0.717, 1.165) is 42.5 Å². The lowest BCUT2D eigenvalue weighted by Gasteiger charge is -2.28. The van der Waals surface area contributed by atoms with Gasteiger partial charge in [0.05, 0.1) is 11.0 Å². The molecule has 1 saturated heterocycles. The summed E-state index contributed by atoms with van der Waals surface area (Å²) in [5.74, 6) is -0.501. The van der Waals surface area contributed by atoms with Crippen molar-refractivity contribution >= 4 is 17.0 Å². The summed E-state index contributed by atoms with van der Waals surface area (Å²) >= 11 is 0. The van der Waals surface area contributed by atoms with Crippen LogP contribution in [0.4, 0.5) is 0 Å². The number of aromatic amines is 1. The number of carbonyl (C=O) groups is 1. The Kier molecular flexibility index (Phi) is 2.98. The number of H-pyrrole nitrogens is 1. The van der Waals surface area contributed by atoms with Crippen LogP contribution < -0.4 is 0 Å². The van der Waals surface area contributed by atoms with Gasteiger partial charge in [-0.1, -0.05) is 0 Å². The van der Waals surface area contributed by atoms with Crippen molar-refractivity contribution in [1.82, 2.24) is 14.9 Å². The second-order valence-electron chi connectivity index (χ2n) is 5.22. The number of pyridine rings is 1. The van der Waals surface area contributed by atoms with Gasteiger partial charge in [-0.3, -0.25) is 0 Å². The molecule has 0 bridgehead atoms. The number of piperidine rings is 1. The minimum Gasteiger partial charge on any atom is -0.477 e. The molecule has 0 radical (unpaired) electrons. The highest BCUT2D eigenvalue weighted by molar-refractivity contribution is 5.90. The number of likely N-dealkylation sites (tertiary alicyclic amines) is 1. The summed E-state index contributed by atoms with van der Waals surface area (Å²) in [6.45, 7) is 2.16. The number of hydrogen-bond donors (Lipinski definition) is 2. The normalized spacial score (nSPS) is 17.9. The van der Waals surface area contributed by atoms with Gasteiger partial charge in [-0.25, -0.2) is 9.78 Å². The zero-order valence-electron chi connectivity index (χ0n) is 10.9. The number of aromatic carboxylic acids is 1. The van der Waals surface area contributed by atoms with Crippen LogP contribution in [0.2, 0.25) is 0 Å². The Labute approximate surface area is 111 Å². The number of nitrogens with one attached hydrogen (secondary N) is 1. The molecule has 1 aliphatic heterocycles. The van der Waals surface area contributed by atoms with E-state index in [9.17, 15) is 4.79 Å². The first-order valence-corrected chi connectivity index (χ1v) is 6.55. The molecular formula is C14H17N3O2. The largest absolute Gasteiger partial charge is 0.477 e. The monoisotopic (exact) mass is 259 g/mol. The molecule has 3 heterocycles. The van der Waals surface area contributed by atoms with Crippen molar-refractivity contribution in [1.29, 1.82) is 0 Å². The van der Waals surface area contributed by atoms with Crippen molar-refractivity contribution in [3.63, 3.8) is 0 Å². The predicted octanol–water partition coefficient (Wildman–Crippen LogP) is 2.07. The average molecular weight is 259 g/mol. The lowest BCUT2D eigenvalue weighted by molar-refractivity contribution is 0.0691. The van der Waals surface area contributed by atoms with E-state index in [1.165, 1.54) is 0 Å². The second kappa shape index (κ2) is 4.66. The number of hydrogen-bond acceptors (Lipinski definition) is 3. The topological polar surface area (TPSA) is 69.2 Å². The number of fused-ring (bicyclic) bond motifs is 1. The minimum absolute atomic E-state index is 0.112. The first-order valence-electron chi connectivity index (χ1n) is 6.55. The number of rotatable bonds is 2. The van der Waals surface area contributed by atoms with Crippen molar-refractivity contribution < 1.29 is 9.90 Å². The molecular weight excluding hydrogens is 242 g/mol. The van der Waals surface area contributed by atoms with Gasteiger partial charge in [0.25, 0.3) is 0 Å². The van der Waals surface area contributed by atoms with Crippen molar-refractivity contribution in [2.75, 3.05) is 20.1 Å². The van der Waals surface area contributed by atoms with E-state index < -0.39 is 5.97 Å². The van der Waals surface area contributed by atoms with Gasteiger partial charge in [0.15, 0.2) is 0 Å². The second-order valence-corrected chi connectivity index (χ2v) is 5.22. The predicted molar refractivity (Wildman–Crippen MR) is 72.5 cm³/mol. The van der Waals surface area contributed by atoms with Crippen molar-refractivity contribution in [3.05, 3.63) is 29.6 Å². The highest BCUT2D eigenvalue weighted by Crippen LogP contribution is 2.31. The van der Waals surface area contributed by atoms with Gasteiger partial charge in [0, 0.05) is 6.20 Å². The molecule has 5 nitrogen and oxygen atoms in total. The first kappa shape index (κ1) is 12.2. The van der Waals surface area contributed by atoms with Gasteiger partial charge >= 0.3 is 5.97 Å². The third kappa shape index (κ3) is 2.21. The number of carboxylic acid groups (broad SMARTS) is 1. The summed E-state index contributed by atoms with van der Waals surface area (Å²) in [6.07, 6.45) is 4.18. The molecule has 0 spiro atoms. The van der Waals surface area contributed by atoms with Crippen LogP contribution in [0.25, 0.3) is 11.0 Å². The maximum absolute atomic E-state index is 11.0. The Balaban J connectivity index is 1.99. The zero-order chi connectivity index (χ0) is 13.4. The van der Waals surface area contributed by atoms with Gasteiger partial charge in [-0.2, -0.15) is 0 Å². The molecule has 2 aromatic rings. The molecule has 2 aromatic heterocycles. The van der Waals surface area contributed by atoms with Gasteiger partial charge in [-0.05, 0) is 56.6 Å². The molecule has 0 aliphatic carbocycles. The van der Waals surface area contributed by atoms with Crippen LogP contribution >= 0.6 is 0 Å². The van der Waals surface area contributed by atoms with E-state index in [-0.39, 0.29) is 5.69 Å². The molecule has 2 N–H and O–H groups in total. The molecule has 5 heteroatoms. The first-order chi connectivity index (χ1) is 9.15. The number of aromatic nitrogens is 2. The smallest absolute Gasteiger partial charge is 0.354 e. The highest BCUT2D eigenvalue weighted by Gasteiger charge is 2.22. The standard InChI is InChI=1S/C14H17N3O2/c1-17-6-4-9(5-7-17)10-8-15-11-2-3-12(14(18)19)16-13(10)11/h2-3,8-9,15H,4-7H2,1H3,(H,18,19). The third-order valence-electron chi connectivity index (χ3n) is 3.93. The third-order valence-corrected chi connectivity index (χ3v) is 3.93. The van der Waals surface area contributed by atoms with E-state index in [1.54, 1.807) is 12.1 Å². The van der Waals surface area contributed by atoms with Gasteiger partial charge in [0.2, 0.25) is 0 Å². The SMILES string of the molecule is CN1CCC(c2c[nH]c3ccc(C(=O)O)nc23)CC1. The Morgan fingerprint density at radius 1 is 1.42 bits per heavy atom. The molecule has 0 amide bonds. The van der Waals surface area contributed by atoms with E-state index >= 15 is 0 Å². The van der Waals surface area contributed by atoms with Crippen LogP contribution in [-0.2, 0) is 0 Å². The quantitative estimate of drug-likeness (QED) is 0.866. The maximum atomic E-state index is 11.0. The Morgan fingerprint density at radius 3 is 2.84 bits per heavy atom. The molecule has 3 rings (SSSR count). The van der Waals surface area contributed by atoms with Crippen LogP contribution in [0.3, 0.4) is 0 Å². The van der Waals surface area contributed by atoms with Crippen LogP contribution in [-0.4, -0.2) is 46.1 Å². The summed E-state index contributed by atoms with van der Waals surface area (Å²) in [7, 11) is 2.13. The summed E-state index contributed by atoms with van der Waals surface area (Å²) in [5, 5.41) is 9.04. The molecule has 1 aliphatic rings. The highest BCUT2D eigenvalue weighted by atomic mass is 16.4. The molecule has 0 atom stereocenters. The average Bonchev–Trinajstić information content (AvgIpc) is 2.82. The molecule has 1 fully saturated rings. The van der Waals surface area contributed by atoms with Crippen LogP contribution in [0.1, 0.15) is 34.8 Å². The zero-order valence-corrected chi connectivity index (χ0v) is 10.9. The number of carboxylic acids is 1. The van der Waals surface area contributed by atoms with Crippen LogP contribution in [0.5, 0.6) is 0 Å². The Bertz CT molecular complexity index is 612. The fourth-order valence-electron chi connectivity index (χ4n) is 2.77. The van der Waals surface area contributed by atoms with E-state index in [2.05, 4.69) is 21.9 Å². The van der Waals surface area contributed by atoms with Crippen LogP contribution in [0, 0.1) is 0 Å². The summed E-state index contributed by atoms with van der Waals surface area (Å²) < 4.78 is 0. The Morgan fingerprint density at radius 2 is 2.16 bits per heavy atom. The Hall–Kier alpha value is -1.88. The van der Waals surface area contributed by atoms with E-state index in [0.29, 0.717) is 5.92 Å². The van der Waals surface area contributed by atoms with Gasteiger partial charge in [0.1, 0.15) is 5.69 Å². The molecule has 0 unspecified atom stereocenters. The molecule has 0 aromatic carbocycles.